The van der Waals surface area contributed by atoms with Crippen LogP contribution in [0.4, 0.5) is 0 Å². The Kier molecular flexibility index (Phi) is 3.79. The molecular weight excluding hydrogens is 216 g/mol. The second-order valence-corrected chi connectivity index (χ2v) is 3.89. The van der Waals surface area contributed by atoms with Gasteiger partial charge in [0.15, 0.2) is 0 Å². The third-order valence-corrected chi connectivity index (χ3v) is 2.89. The van der Waals surface area contributed by atoms with Gasteiger partial charge >= 0.3 is 5.97 Å². The van der Waals surface area contributed by atoms with E-state index in [0.29, 0.717) is 17.0 Å². The fraction of sp³-hybridized carbons (Fsp3) is 0.444. The first-order chi connectivity index (χ1) is 7.06. The van der Waals surface area contributed by atoms with Crippen molar-refractivity contribution in [3.8, 4) is 0 Å². The maximum absolute atomic E-state index is 11.6. The van der Waals surface area contributed by atoms with Gasteiger partial charge in [-0.3, -0.25) is 4.79 Å². The van der Waals surface area contributed by atoms with Crippen LogP contribution in [0.25, 0.3) is 0 Å². The van der Waals surface area contributed by atoms with Crippen molar-refractivity contribution in [2.24, 2.45) is 0 Å². The monoisotopic (exact) mass is 228 g/mol. The Balaban J connectivity index is 2.71. The smallest absolute Gasteiger partial charge is 0.326 e. The van der Waals surface area contributed by atoms with Crippen LogP contribution < -0.4 is 5.32 Å². The van der Waals surface area contributed by atoms with E-state index < -0.39 is 12.0 Å². The minimum absolute atomic E-state index is 0.360. The van der Waals surface area contributed by atoms with Crippen molar-refractivity contribution in [3.05, 3.63) is 16.1 Å². The molecule has 0 aliphatic heterocycles. The number of aromatic nitrogens is 1. The van der Waals surface area contributed by atoms with Crippen molar-refractivity contribution < 1.29 is 14.7 Å². The second kappa shape index (κ2) is 4.88. The van der Waals surface area contributed by atoms with E-state index in [1.807, 2.05) is 0 Å². The molecule has 1 unspecified atom stereocenters. The number of aryl methyl sites for hydroxylation is 1. The number of hydrogen-bond donors (Lipinski definition) is 2. The summed E-state index contributed by atoms with van der Waals surface area (Å²) in [6.45, 7) is 3.42. The summed E-state index contributed by atoms with van der Waals surface area (Å²) in [6.07, 6.45) is 0.360. The van der Waals surface area contributed by atoms with Crippen LogP contribution in [0.5, 0.6) is 0 Å². The summed E-state index contributed by atoms with van der Waals surface area (Å²) >= 11 is 1.21. The summed E-state index contributed by atoms with van der Waals surface area (Å²) < 4.78 is 0. The molecule has 1 heterocycles. The van der Waals surface area contributed by atoms with Crippen LogP contribution in [-0.4, -0.2) is 28.0 Å². The Morgan fingerprint density at radius 3 is 2.73 bits per heavy atom. The van der Waals surface area contributed by atoms with Gasteiger partial charge in [-0.15, -0.1) is 11.3 Å². The minimum Gasteiger partial charge on any atom is -0.480 e. The van der Waals surface area contributed by atoms with Crippen LogP contribution in [0.15, 0.2) is 5.51 Å². The summed E-state index contributed by atoms with van der Waals surface area (Å²) in [5, 5.41) is 11.2. The number of nitrogens with zero attached hydrogens (tertiary/aromatic N) is 1. The number of amides is 1. The van der Waals surface area contributed by atoms with Crippen molar-refractivity contribution in [2.45, 2.75) is 26.3 Å². The number of carboxylic acids is 1. The summed E-state index contributed by atoms with van der Waals surface area (Å²) in [5.74, 6) is -1.39. The molecule has 5 nitrogen and oxygen atoms in total. The van der Waals surface area contributed by atoms with Gasteiger partial charge in [0.1, 0.15) is 10.9 Å². The number of carbonyl (C=O) groups excluding carboxylic acids is 1. The molecule has 0 fully saturated rings. The predicted octanol–water partition coefficient (Wildman–Crippen LogP) is 1.04. The zero-order chi connectivity index (χ0) is 11.4. The van der Waals surface area contributed by atoms with E-state index in [0.717, 1.165) is 0 Å². The Bertz CT molecular complexity index is 375. The van der Waals surface area contributed by atoms with E-state index in [2.05, 4.69) is 10.3 Å². The summed E-state index contributed by atoms with van der Waals surface area (Å²) in [4.78, 5) is 26.7. The molecule has 0 spiro atoms. The Hall–Kier alpha value is -1.43. The topological polar surface area (TPSA) is 79.3 Å². The fourth-order valence-corrected chi connectivity index (χ4v) is 1.79. The summed E-state index contributed by atoms with van der Waals surface area (Å²) in [6, 6.07) is -0.834. The predicted molar refractivity (Wildman–Crippen MR) is 56.0 cm³/mol. The quantitative estimate of drug-likeness (QED) is 0.807. The van der Waals surface area contributed by atoms with Crippen LogP contribution >= 0.6 is 11.3 Å². The molecular formula is C9H12N2O3S. The SMILES string of the molecule is CCC(NC(=O)c1scnc1C)C(=O)O. The zero-order valence-electron chi connectivity index (χ0n) is 8.48. The van der Waals surface area contributed by atoms with Gasteiger partial charge in [0.25, 0.3) is 5.91 Å². The van der Waals surface area contributed by atoms with Crippen LogP contribution in [0, 0.1) is 6.92 Å². The molecule has 0 aliphatic carbocycles. The first-order valence-corrected chi connectivity index (χ1v) is 5.38. The summed E-state index contributed by atoms with van der Waals surface area (Å²) in [5.41, 5.74) is 2.18. The molecule has 0 saturated carbocycles. The number of hydrogen-bond acceptors (Lipinski definition) is 4. The summed E-state index contributed by atoms with van der Waals surface area (Å²) in [7, 11) is 0. The molecule has 0 aliphatic rings. The first-order valence-electron chi connectivity index (χ1n) is 4.50. The molecule has 0 bridgehead atoms. The highest BCUT2D eigenvalue weighted by Gasteiger charge is 2.20. The van der Waals surface area contributed by atoms with Gasteiger partial charge < -0.3 is 10.4 Å². The standard InChI is InChI=1S/C9H12N2O3S/c1-3-6(9(13)14)11-8(12)7-5(2)10-4-15-7/h4,6H,3H2,1-2H3,(H,11,12)(H,13,14). The van der Waals surface area contributed by atoms with Crippen molar-refractivity contribution in [3.63, 3.8) is 0 Å². The molecule has 6 heteroatoms. The average Bonchev–Trinajstić information content (AvgIpc) is 2.60. The second-order valence-electron chi connectivity index (χ2n) is 3.04. The number of aliphatic carboxylic acids is 1. The Labute approximate surface area is 91.1 Å². The lowest BCUT2D eigenvalue weighted by atomic mass is 10.2. The molecule has 1 rings (SSSR count). The maximum Gasteiger partial charge on any atom is 0.326 e. The van der Waals surface area contributed by atoms with E-state index in [1.54, 1.807) is 19.4 Å². The molecule has 1 aromatic rings. The third-order valence-electron chi connectivity index (χ3n) is 1.96. The van der Waals surface area contributed by atoms with E-state index in [-0.39, 0.29) is 5.91 Å². The molecule has 1 aromatic heterocycles. The number of thiazole rings is 1. The molecule has 0 aromatic carbocycles. The van der Waals surface area contributed by atoms with Gasteiger partial charge in [-0.05, 0) is 13.3 Å². The van der Waals surface area contributed by atoms with E-state index >= 15 is 0 Å². The highest BCUT2D eigenvalue weighted by molar-refractivity contribution is 7.11. The van der Waals surface area contributed by atoms with E-state index in [4.69, 9.17) is 5.11 Å². The van der Waals surface area contributed by atoms with Crippen LogP contribution in [0.3, 0.4) is 0 Å². The van der Waals surface area contributed by atoms with Crippen molar-refractivity contribution >= 4 is 23.2 Å². The van der Waals surface area contributed by atoms with Crippen LogP contribution in [-0.2, 0) is 4.79 Å². The van der Waals surface area contributed by atoms with Gasteiger partial charge in [0.2, 0.25) is 0 Å². The zero-order valence-corrected chi connectivity index (χ0v) is 9.30. The van der Waals surface area contributed by atoms with Gasteiger partial charge in [-0.25, -0.2) is 9.78 Å². The molecule has 82 valence electrons. The minimum atomic E-state index is -1.02. The maximum atomic E-state index is 11.6. The molecule has 15 heavy (non-hydrogen) atoms. The lowest BCUT2D eigenvalue weighted by Gasteiger charge is -2.11. The van der Waals surface area contributed by atoms with E-state index in [9.17, 15) is 9.59 Å². The average molecular weight is 228 g/mol. The highest BCUT2D eigenvalue weighted by Crippen LogP contribution is 2.12. The lowest BCUT2D eigenvalue weighted by Crippen LogP contribution is -2.40. The number of rotatable bonds is 4. The molecule has 1 atom stereocenters. The molecule has 2 N–H and O–H groups in total. The lowest BCUT2D eigenvalue weighted by molar-refractivity contribution is -0.139. The third kappa shape index (κ3) is 2.76. The number of nitrogens with one attached hydrogen (secondary N) is 1. The fourth-order valence-electron chi connectivity index (χ4n) is 1.08. The van der Waals surface area contributed by atoms with Crippen LogP contribution in [0.1, 0.15) is 28.7 Å². The van der Waals surface area contributed by atoms with Gasteiger partial charge in [-0.2, -0.15) is 0 Å². The van der Waals surface area contributed by atoms with Gasteiger partial charge in [0, 0.05) is 0 Å². The van der Waals surface area contributed by atoms with E-state index in [1.165, 1.54) is 11.3 Å². The Morgan fingerprint density at radius 2 is 2.33 bits per heavy atom. The van der Waals surface area contributed by atoms with Crippen molar-refractivity contribution in [2.75, 3.05) is 0 Å². The first kappa shape index (κ1) is 11.6. The number of carboxylic acid groups (broad SMARTS) is 1. The highest BCUT2D eigenvalue weighted by atomic mass is 32.1. The molecule has 0 radical (unpaired) electrons. The van der Waals surface area contributed by atoms with Gasteiger partial charge in [0.05, 0.1) is 11.2 Å². The normalized spacial score (nSPS) is 12.1. The molecule has 0 saturated heterocycles. The van der Waals surface area contributed by atoms with Crippen molar-refractivity contribution in [1.82, 2.24) is 10.3 Å². The largest absolute Gasteiger partial charge is 0.480 e. The van der Waals surface area contributed by atoms with Gasteiger partial charge in [-0.1, -0.05) is 6.92 Å². The molecule has 1 amide bonds. The Morgan fingerprint density at radius 1 is 1.67 bits per heavy atom. The number of carbonyl (C=O) groups is 2. The van der Waals surface area contributed by atoms with Crippen molar-refractivity contribution in [1.29, 1.82) is 0 Å². The van der Waals surface area contributed by atoms with Crippen LogP contribution in [0.2, 0.25) is 0 Å².